The Morgan fingerprint density at radius 2 is 1.60 bits per heavy atom. The number of hydrogen-bond acceptors (Lipinski definition) is 4. The van der Waals surface area contributed by atoms with Crippen LogP contribution in [0.4, 0.5) is 0 Å². The Bertz CT molecular complexity index is 3040. The summed E-state index contributed by atoms with van der Waals surface area (Å²) in [5.41, 5.74) is 12.7. The molecule has 0 saturated heterocycles. The number of aromatic nitrogens is 1. The predicted octanol–water partition coefficient (Wildman–Crippen LogP) is 9.51. The molecule has 4 heterocycles. The number of thiophene rings is 1. The number of aryl methyl sites for hydroxylation is 1. The largest absolute Gasteiger partial charge is 0.485 e. The first kappa shape index (κ1) is 29.4. The summed E-state index contributed by atoms with van der Waals surface area (Å²) in [4.78, 5) is 5.47. The summed E-state index contributed by atoms with van der Waals surface area (Å²) >= 11 is 1.81. The number of ether oxygens (including phenoxy) is 1. The molecule has 3 atom stereocenters. The molecular formula is C48H33N3OS. The SMILES string of the molecule is C1=CC2Oc3cc(-n4c5c(c6c7ccccc7ccc64)-c4ccccc4CC5)ccc3C2C(C2N=c3c(sc4ccccc34)=C(c3ccccc3)N2)=C1. The van der Waals surface area contributed by atoms with Crippen LogP contribution in [-0.2, 0) is 12.8 Å². The molecule has 8 aromatic rings. The lowest BCUT2D eigenvalue weighted by Crippen LogP contribution is -2.44. The minimum absolute atomic E-state index is 0.0555. The average molecular weight is 700 g/mol. The molecule has 2 aromatic heterocycles. The molecule has 0 bridgehead atoms. The molecule has 12 rings (SSSR count). The maximum Gasteiger partial charge on any atom is 0.142 e. The van der Waals surface area contributed by atoms with Gasteiger partial charge in [0.25, 0.3) is 0 Å². The van der Waals surface area contributed by atoms with Crippen molar-refractivity contribution in [2.45, 2.75) is 31.0 Å². The molecule has 53 heavy (non-hydrogen) atoms. The molecule has 1 N–H and O–H groups in total. The van der Waals surface area contributed by atoms with Gasteiger partial charge >= 0.3 is 0 Å². The van der Waals surface area contributed by atoms with Gasteiger partial charge in [-0.3, -0.25) is 4.99 Å². The van der Waals surface area contributed by atoms with Crippen molar-refractivity contribution in [3.8, 4) is 22.6 Å². The van der Waals surface area contributed by atoms with E-state index in [1.54, 1.807) is 0 Å². The van der Waals surface area contributed by atoms with Gasteiger partial charge in [-0.1, -0.05) is 121 Å². The molecule has 3 unspecified atom stereocenters. The molecule has 0 amide bonds. The van der Waals surface area contributed by atoms with E-state index in [0.29, 0.717) is 0 Å². The molecule has 0 saturated carbocycles. The Hall–Kier alpha value is -6.17. The first-order chi connectivity index (χ1) is 26.3. The zero-order chi connectivity index (χ0) is 34.6. The molecule has 4 aliphatic rings. The van der Waals surface area contributed by atoms with Gasteiger partial charge < -0.3 is 14.6 Å². The number of fused-ring (bicyclic) bond motifs is 13. The number of benzene rings is 6. The van der Waals surface area contributed by atoms with Gasteiger partial charge in [0.05, 0.1) is 27.0 Å². The van der Waals surface area contributed by atoms with Crippen molar-refractivity contribution in [2.75, 3.05) is 0 Å². The van der Waals surface area contributed by atoms with Crippen molar-refractivity contribution in [1.82, 2.24) is 9.88 Å². The second-order valence-electron chi connectivity index (χ2n) is 14.5. The van der Waals surface area contributed by atoms with Crippen LogP contribution in [0, 0.1) is 0 Å². The molecular weight excluding hydrogens is 667 g/mol. The zero-order valence-electron chi connectivity index (χ0n) is 28.8. The highest BCUT2D eigenvalue weighted by atomic mass is 32.1. The molecule has 4 nitrogen and oxygen atoms in total. The first-order valence-corrected chi connectivity index (χ1v) is 19.3. The Labute approximate surface area is 310 Å². The van der Waals surface area contributed by atoms with Crippen molar-refractivity contribution in [3.63, 3.8) is 0 Å². The molecule has 0 fully saturated rings. The van der Waals surface area contributed by atoms with Crippen molar-refractivity contribution >= 4 is 48.8 Å². The summed E-state index contributed by atoms with van der Waals surface area (Å²) in [6.07, 6.45) is 8.32. The number of allylic oxidation sites excluding steroid dienone is 2. The summed E-state index contributed by atoms with van der Waals surface area (Å²) in [5.74, 6) is 1.01. The number of nitrogens with zero attached hydrogens (tertiary/aromatic N) is 2. The first-order valence-electron chi connectivity index (χ1n) is 18.5. The number of hydrogen-bond donors (Lipinski definition) is 1. The van der Waals surface area contributed by atoms with Gasteiger partial charge in [-0.25, -0.2) is 0 Å². The van der Waals surface area contributed by atoms with E-state index in [9.17, 15) is 0 Å². The third kappa shape index (κ3) is 4.26. The van der Waals surface area contributed by atoms with Gasteiger partial charge in [0.1, 0.15) is 18.0 Å². The predicted molar refractivity (Wildman–Crippen MR) is 216 cm³/mol. The second kappa shape index (κ2) is 11.2. The minimum atomic E-state index is -0.226. The minimum Gasteiger partial charge on any atom is -0.485 e. The summed E-state index contributed by atoms with van der Waals surface area (Å²) < 4.78 is 11.8. The van der Waals surface area contributed by atoms with Crippen LogP contribution < -0.4 is 19.9 Å². The van der Waals surface area contributed by atoms with E-state index in [4.69, 9.17) is 9.73 Å². The highest BCUT2D eigenvalue weighted by molar-refractivity contribution is 7.17. The fourth-order valence-electron chi connectivity index (χ4n) is 9.41. The van der Waals surface area contributed by atoms with Crippen LogP contribution in [0.2, 0.25) is 0 Å². The maximum atomic E-state index is 6.87. The molecule has 5 heteroatoms. The van der Waals surface area contributed by atoms with Crippen LogP contribution >= 0.6 is 11.3 Å². The summed E-state index contributed by atoms with van der Waals surface area (Å²) in [6.45, 7) is 0. The molecule has 0 spiro atoms. The van der Waals surface area contributed by atoms with Gasteiger partial charge in [0, 0.05) is 44.0 Å². The quantitative estimate of drug-likeness (QED) is 0.200. The van der Waals surface area contributed by atoms with E-state index < -0.39 is 0 Å². The van der Waals surface area contributed by atoms with Gasteiger partial charge in [0.15, 0.2) is 0 Å². The average Bonchev–Trinajstić information content (AvgIpc) is 3.90. The monoisotopic (exact) mass is 699 g/mol. The van der Waals surface area contributed by atoms with Crippen LogP contribution in [-0.4, -0.2) is 16.8 Å². The van der Waals surface area contributed by atoms with Gasteiger partial charge in [-0.05, 0) is 70.2 Å². The lowest BCUT2D eigenvalue weighted by molar-refractivity contribution is 0.261. The van der Waals surface area contributed by atoms with Crippen molar-refractivity contribution in [2.24, 2.45) is 4.99 Å². The topological polar surface area (TPSA) is 38.5 Å². The molecule has 2 aliphatic heterocycles. The van der Waals surface area contributed by atoms with Gasteiger partial charge in [-0.15, -0.1) is 11.3 Å². The van der Waals surface area contributed by atoms with E-state index in [1.165, 1.54) is 75.4 Å². The molecule has 2 aliphatic carbocycles. The Kier molecular flexibility index (Phi) is 6.20. The molecule has 252 valence electrons. The number of nitrogens with one attached hydrogen (secondary N) is 1. The van der Waals surface area contributed by atoms with Crippen molar-refractivity contribution < 1.29 is 4.74 Å². The standard InChI is InChI=1S/C48H33N3OS/c1-2-13-30(14-3-1)45-47-46(35-17-8-9-20-41(35)53-47)50-48(49-45)36-18-10-19-39-42(36)34-24-23-31(27-40(34)52-39)51-37-25-21-28-11-4-6-15-32(28)43(37)44-33-16-7-5-12-29(33)22-26-38(44)51/h1-21,23-25,27,39,42,48-49H,22,26H2. The van der Waals surface area contributed by atoms with E-state index in [0.717, 1.165) is 35.3 Å². The van der Waals surface area contributed by atoms with Crippen LogP contribution in [0.15, 0.2) is 162 Å². The summed E-state index contributed by atoms with van der Waals surface area (Å²) in [6, 6.07) is 48.6. The van der Waals surface area contributed by atoms with E-state index in [-0.39, 0.29) is 18.2 Å². The van der Waals surface area contributed by atoms with Crippen LogP contribution in [0.5, 0.6) is 5.75 Å². The summed E-state index contributed by atoms with van der Waals surface area (Å²) in [7, 11) is 0. The molecule has 0 radical (unpaired) electrons. The fraction of sp³-hybridized carbons (Fsp3) is 0.104. The Morgan fingerprint density at radius 1 is 0.774 bits per heavy atom. The van der Waals surface area contributed by atoms with Crippen LogP contribution in [0.3, 0.4) is 0 Å². The van der Waals surface area contributed by atoms with Gasteiger partial charge in [-0.2, -0.15) is 0 Å². The highest BCUT2D eigenvalue weighted by Gasteiger charge is 2.40. The number of rotatable bonds is 3. The van der Waals surface area contributed by atoms with E-state index in [1.807, 2.05) is 11.3 Å². The second-order valence-corrected chi connectivity index (χ2v) is 15.6. The smallest absolute Gasteiger partial charge is 0.142 e. The third-order valence-corrected chi connectivity index (χ3v) is 12.9. The van der Waals surface area contributed by atoms with Crippen molar-refractivity contribution in [3.05, 3.63) is 190 Å². The third-order valence-electron chi connectivity index (χ3n) is 11.7. The maximum absolute atomic E-state index is 6.87. The Balaban J connectivity index is 0.999. The van der Waals surface area contributed by atoms with Crippen LogP contribution in [0.25, 0.3) is 54.3 Å². The fourth-order valence-corrected chi connectivity index (χ4v) is 10.6. The normalized spacial score (nSPS) is 19.4. The highest BCUT2D eigenvalue weighted by Crippen LogP contribution is 2.49. The zero-order valence-corrected chi connectivity index (χ0v) is 29.6. The van der Waals surface area contributed by atoms with E-state index >= 15 is 0 Å². The lowest BCUT2D eigenvalue weighted by atomic mass is 9.83. The van der Waals surface area contributed by atoms with E-state index in [2.05, 4.69) is 162 Å². The molecule has 6 aromatic carbocycles. The lowest BCUT2D eigenvalue weighted by Gasteiger charge is -2.30. The summed E-state index contributed by atoms with van der Waals surface area (Å²) in [5, 5.41) is 10.1. The van der Waals surface area contributed by atoms with Gasteiger partial charge in [0.2, 0.25) is 0 Å². The Morgan fingerprint density at radius 3 is 2.55 bits per heavy atom. The van der Waals surface area contributed by atoms with Crippen LogP contribution in [0.1, 0.15) is 28.3 Å². The van der Waals surface area contributed by atoms with Crippen molar-refractivity contribution in [1.29, 1.82) is 0 Å².